The van der Waals surface area contributed by atoms with Gasteiger partial charge in [0.15, 0.2) is 0 Å². The molecular formula is C29H40Cl2O2STi-2. The van der Waals surface area contributed by atoms with E-state index < -0.39 is 0 Å². The fourth-order valence-electron chi connectivity index (χ4n) is 3.17. The van der Waals surface area contributed by atoms with Crippen molar-refractivity contribution in [3.8, 4) is 11.5 Å². The smallest absolute Gasteiger partial charge is 1.00 e. The quantitative estimate of drug-likeness (QED) is 0.440. The van der Waals surface area contributed by atoms with E-state index in [2.05, 4.69) is 85.1 Å². The van der Waals surface area contributed by atoms with Crippen LogP contribution in [0, 0.1) is 27.7 Å². The molecule has 0 fully saturated rings. The summed E-state index contributed by atoms with van der Waals surface area (Å²) in [6.07, 6.45) is 0. The molecule has 2 nitrogen and oxygen atoms in total. The van der Waals surface area contributed by atoms with Crippen LogP contribution in [0.1, 0.15) is 79.8 Å². The van der Waals surface area contributed by atoms with Crippen LogP contribution in [0.2, 0.25) is 0 Å². The van der Waals surface area contributed by atoms with Gasteiger partial charge in [-0.3, -0.25) is 0 Å². The molecular weight excluding hydrogens is 531 g/mol. The second-order valence-corrected chi connectivity index (χ2v) is 12.0. The Morgan fingerprint density at radius 1 is 0.714 bits per heavy atom. The van der Waals surface area contributed by atoms with Gasteiger partial charge in [-0.2, -0.15) is 0 Å². The van der Waals surface area contributed by atoms with Crippen LogP contribution in [0.4, 0.5) is 0 Å². The third kappa shape index (κ3) is 11.7. The average Bonchev–Trinajstić information content (AvgIpc) is 3.03. The van der Waals surface area contributed by atoms with Crippen LogP contribution in [0.3, 0.4) is 0 Å². The number of aryl methyl sites for hydroxylation is 3. The molecule has 0 saturated heterocycles. The summed E-state index contributed by atoms with van der Waals surface area (Å²) in [5, 5.41) is 21.3. The number of phenols is 2. The summed E-state index contributed by atoms with van der Waals surface area (Å²) >= 11 is 3.90. The van der Waals surface area contributed by atoms with Gasteiger partial charge in [0, 0.05) is 0 Å². The van der Waals surface area contributed by atoms with E-state index in [9.17, 15) is 10.2 Å². The van der Waals surface area contributed by atoms with Crippen LogP contribution in [-0.4, -0.2) is 14.5 Å². The molecule has 0 saturated carbocycles. The molecule has 0 aliphatic rings. The van der Waals surface area contributed by atoms with E-state index in [1.54, 1.807) is 12.1 Å². The molecule has 0 atom stereocenters. The number of benzene rings is 2. The van der Waals surface area contributed by atoms with Crippen molar-refractivity contribution in [1.82, 2.24) is 0 Å². The van der Waals surface area contributed by atoms with Crippen molar-refractivity contribution in [2.24, 2.45) is 0 Å². The molecule has 2 N–H and O–H groups in total. The summed E-state index contributed by atoms with van der Waals surface area (Å²) in [6.45, 7) is 21.0. The van der Waals surface area contributed by atoms with Crippen molar-refractivity contribution in [3.05, 3.63) is 80.0 Å². The summed E-state index contributed by atoms with van der Waals surface area (Å²) in [4.78, 5) is 1.41. The zero-order valence-corrected chi connectivity index (χ0v) is 26.6. The van der Waals surface area contributed by atoms with Crippen LogP contribution in [0.15, 0.2) is 41.8 Å². The molecule has 0 aliphatic carbocycles. The molecule has 3 rings (SSSR count). The molecule has 0 aliphatic heterocycles. The molecule has 3 aromatic rings. The van der Waals surface area contributed by atoms with Crippen LogP contribution >= 0.6 is 11.3 Å². The van der Waals surface area contributed by atoms with Crippen molar-refractivity contribution in [3.63, 3.8) is 0 Å². The van der Waals surface area contributed by atoms with Gasteiger partial charge in [-0.1, -0.05) is 76.9 Å². The molecule has 6 heteroatoms. The van der Waals surface area contributed by atoms with Gasteiger partial charge in [-0.15, -0.1) is 0 Å². The SMILES string of the molecule is Cc1ccc(O)c(C(C)(C)C)c1.Cc1ccc(O)c(C(C)(C)C)c1.Cc1csc([CH]=[Ti])c1C.[Cl-].[Cl-]. The fraction of sp³-hybridized carbons (Fsp3) is 0.414. The molecule has 2 aromatic carbocycles. The molecule has 0 bridgehead atoms. The maximum absolute atomic E-state index is 9.57. The molecule has 0 unspecified atom stereocenters. The van der Waals surface area contributed by atoms with Crippen LogP contribution in [0.25, 0.3) is 0 Å². The van der Waals surface area contributed by atoms with Gasteiger partial charge in [0.05, 0.1) is 0 Å². The van der Waals surface area contributed by atoms with Gasteiger partial charge in [-0.25, -0.2) is 0 Å². The summed E-state index contributed by atoms with van der Waals surface area (Å²) in [6, 6.07) is 11.4. The topological polar surface area (TPSA) is 40.5 Å². The standard InChI is InChI=1S/2C11H16O.C7H8S.2ClH.Ti/c2*1-8-5-6-10(12)9(7-8)11(2,3)4;1-5-4-8-7(3)6(5)2;;;/h2*5-7,12H,1-4H3;3-4H,1-2H3;2*1H;/p-2. The van der Waals surface area contributed by atoms with E-state index in [1.807, 2.05) is 49.4 Å². The van der Waals surface area contributed by atoms with E-state index in [-0.39, 0.29) is 35.6 Å². The molecule has 0 spiro atoms. The zero-order chi connectivity index (χ0) is 25.6. The Bertz CT molecular complexity index is 1020. The summed E-state index contributed by atoms with van der Waals surface area (Å²) in [5.41, 5.74) is 7.31. The predicted octanol–water partition coefficient (Wildman–Crippen LogP) is 2.07. The number of hydrogen-bond donors (Lipinski definition) is 2. The monoisotopic (exact) mass is 570 g/mol. The Hall–Kier alpha value is -1.10. The first-order valence-electron chi connectivity index (χ1n) is 11.2. The summed E-state index contributed by atoms with van der Waals surface area (Å²) in [7, 11) is 0. The van der Waals surface area contributed by atoms with Gasteiger partial charge in [0.1, 0.15) is 11.5 Å². The largest absolute Gasteiger partial charge is 1.00 e. The minimum absolute atomic E-state index is 0. The second kappa shape index (κ2) is 15.2. The molecule has 0 radical (unpaired) electrons. The van der Waals surface area contributed by atoms with Gasteiger partial charge in [-0.05, 0) is 47.9 Å². The number of rotatable bonds is 1. The van der Waals surface area contributed by atoms with E-state index >= 15 is 0 Å². The number of thiophene rings is 1. The predicted molar refractivity (Wildman–Crippen MR) is 142 cm³/mol. The first kappa shape index (κ1) is 36.1. The van der Waals surface area contributed by atoms with Crippen molar-refractivity contribution in [1.29, 1.82) is 0 Å². The maximum atomic E-state index is 9.57. The molecule has 0 amide bonds. The Morgan fingerprint density at radius 3 is 1.29 bits per heavy atom. The van der Waals surface area contributed by atoms with Crippen LogP contribution in [-0.2, 0) is 30.8 Å². The zero-order valence-electron chi connectivity index (χ0n) is 22.7. The summed E-state index contributed by atoms with van der Waals surface area (Å²) < 4.78 is 2.16. The van der Waals surface area contributed by atoms with Gasteiger partial charge in [0.25, 0.3) is 0 Å². The summed E-state index contributed by atoms with van der Waals surface area (Å²) in [5.74, 6) is 0.793. The van der Waals surface area contributed by atoms with E-state index in [1.165, 1.54) is 27.1 Å². The van der Waals surface area contributed by atoms with Crippen LogP contribution < -0.4 is 24.8 Å². The number of aromatic hydroxyl groups is 2. The van der Waals surface area contributed by atoms with Crippen molar-refractivity contribution in [2.75, 3.05) is 0 Å². The minimum Gasteiger partial charge on any atom is -1.00 e. The van der Waals surface area contributed by atoms with Crippen molar-refractivity contribution in [2.45, 2.75) is 80.1 Å². The number of hydrogen-bond acceptors (Lipinski definition) is 3. The van der Waals surface area contributed by atoms with Crippen molar-refractivity contribution < 1.29 is 55.0 Å². The Labute approximate surface area is 240 Å². The van der Waals surface area contributed by atoms with E-state index in [0.717, 1.165) is 11.1 Å². The normalized spacial score (nSPS) is 10.4. The van der Waals surface area contributed by atoms with Crippen molar-refractivity contribution >= 4 is 15.7 Å². The molecule has 1 aromatic heterocycles. The average molecular weight is 571 g/mol. The Kier molecular flexibility index (Phi) is 15.7. The Morgan fingerprint density at radius 2 is 1.09 bits per heavy atom. The Balaban J connectivity index is 0. The third-order valence-electron chi connectivity index (χ3n) is 5.38. The number of halogens is 2. The van der Waals surface area contributed by atoms with Crippen LogP contribution in [0.5, 0.6) is 11.5 Å². The molecule has 35 heavy (non-hydrogen) atoms. The molecule has 194 valence electrons. The first-order valence-corrected chi connectivity index (χ1v) is 13.0. The minimum atomic E-state index is 0. The van der Waals surface area contributed by atoms with E-state index in [4.69, 9.17) is 0 Å². The second-order valence-electron chi connectivity index (χ2n) is 10.6. The fourth-order valence-corrected chi connectivity index (χ4v) is 4.71. The van der Waals surface area contributed by atoms with Gasteiger partial charge in [0.2, 0.25) is 0 Å². The maximum Gasteiger partial charge on any atom is -1.00 e. The molecule has 1 heterocycles. The van der Waals surface area contributed by atoms with Gasteiger partial charge >= 0.3 is 70.9 Å². The number of phenolic OH excluding ortho intramolecular Hbond substituents is 2. The third-order valence-corrected chi connectivity index (χ3v) is 7.30. The van der Waals surface area contributed by atoms with E-state index in [0.29, 0.717) is 11.5 Å². The van der Waals surface area contributed by atoms with Gasteiger partial charge < -0.3 is 35.0 Å². The first-order chi connectivity index (χ1) is 15.1.